The van der Waals surface area contributed by atoms with Gasteiger partial charge < -0.3 is 19.7 Å². The number of nitrogens with one attached hydrogen (secondary N) is 2. The first-order valence-corrected chi connectivity index (χ1v) is 8.93. The zero-order valence-corrected chi connectivity index (χ0v) is 15.4. The van der Waals surface area contributed by atoms with Crippen LogP contribution in [-0.2, 0) is 9.59 Å². The number of hydrogen-bond acceptors (Lipinski definition) is 6. The van der Waals surface area contributed by atoms with Crippen LogP contribution in [-0.4, -0.2) is 79.6 Å². The van der Waals surface area contributed by atoms with Crippen molar-refractivity contribution in [3.63, 3.8) is 0 Å². The predicted octanol–water partition coefficient (Wildman–Crippen LogP) is -0.185. The number of nitrogens with zero attached hydrogens (tertiary/aromatic N) is 2. The Kier molecular flexibility index (Phi) is 5.80. The van der Waals surface area contributed by atoms with Gasteiger partial charge >= 0.3 is 6.03 Å². The summed E-state index contributed by atoms with van der Waals surface area (Å²) in [4.78, 5) is 39.7. The number of carbonyl (C=O) groups is 3. The number of urea groups is 1. The number of ether oxygens (including phenoxy) is 2. The minimum Gasteiger partial charge on any atom is -0.485 e. The molecule has 9 nitrogen and oxygen atoms in total. The molecule has 0 radical (unpaired) electrons. The van der Waals surface area contributed by atoms with Crippen LogP contribution < -0.4 is 20.1 Å². The summed E-state index contributed by atoms with van der Waals surface area (Å²) in [6, 6.07) is 6.28. The van der Waals surface area contributed by atoms with Crippen LogP contribution in [0.5, 0.6) is 11.5 Å². The second kappa shape index (κ2) is 8.26. The molecule has 2 aliphatic heterocycles. The first kappa shape index (κ1) is 19.0. The van der Waals surface area contributed by atoms with Crippen LogP contribution in [0.3, 0.4) is 0 Å². The molecule has 146 valence electrons. The Hall–Kier alpha value is -2.81. The summed E-state index contributed by atoms with van der Waals surface area (Å²) in [5.74, 6) is 0.726. The van der Waals surface area contributed by atoms with Crippen molar-refractivity contribution >= 4 is 17.8 Å². The molecule has 0 bridgehead atoms. The van der Waals surface area contributed by atoms with Crippen LogP contribution in [0, 0.1) is 0 Å². The molecule has 1 fully saturated rings. The first-order chi connectivity index (χ1) is 13.0. The van der Waals surface area contributed by atoms with Gasteiger partial charge in [-0.05, 0) is 19.1 Å². The molecule has 9 heteroatoms. The number of para-hydroxylation sites is 2. The topological polar surface area (TPSA) is 100 Å². The van der Waals surface area contributed by atoms with Crippen LogP contribution in [0.4, 0.5) is 4.79 Å². The molecule has 2 heterocycles. The summed E-state index contributed by atoms with van der Waals surface area (Å²) in [6.45, 7) is 3.97. The van der Waals surface area contributed by atoms with Crippen molar-refractivity contribution in [3.05, 3.63) is 24.3 Å². The van der Waals surface area contributed by atoms with E-state index in [1.54, 1.807) is 24.0 Å². The Bertz CT molecular complexity index is 717. The van der Waals surface area contributed by atoms with E-state index >= 15 is 0 Å². The summed E-state index contributed by atoms with van der Waals surface area (Å²) in [5, 5.41) is 4.63. The van der Waals surface area contributed by atoms with E-state index in [9.17, 15) is 14.4 Å². The summed E-state index contributed by atoms with van der Waals surface area (Å²) >= 11 is 0. The molecule has 0 spiro atoms. The largest absolute Gasteiger partial charge is 0.485 e. The number of amides is 4. The van der Waals surface area contributed by atoms with E-state index in [0.29, 0.717) is 37.7 Å². The van der Waals surface area contributed by atoms with Gasteiger partial charge in [0, 0.05) is 33.2 Å². The molecule has 0 unspecified atom stereocenters. The zero-order valence-electron chi connectivity index (χ0n) is 15.4. The average Bonchev–Trinajstić information content (AvgIpc) is 2.72. The predicted molar refractivity (Wildman–Crippen MR) is 96.6 cm³/mol. The van der Waals surface area contributed by atoms with Gasteiger partial charge in [0.2, 0.25) is 12.0 Å². The van der Waals surface area contributed by atoms with E-state index in [4.69, 9.17) is 9.47 Å². The summed E-state index contributed by atoms with van der Waals surface area (Å²) in [5.41, 5.74) is 0. The van der Waals surface area contributed by atoms with E-state index in [2.05, 4.69) is 10.6 Å². The number of benzene rings is 1. The van der Waals surface area contributed by atoms with E-state index in [1.165, 1.54) is 7.05 Å². The maximum absolute atomic E-state index is 12.7. The molecule has 0 aliphatic carbocycles. The SMILES string of the molecule is CNC(=O)NC(=O)[C@H](C)N1CCN(C(=O)[C@H]2COc3ccccc3O2)CC1. The van der Waals surface area contributed by atoms with Gasteiger partial charge in [0.25, 0.3) is 5.91 Å². The van der Waals surface area contributed by atoms with Crippen LogP contribution >= 0.6 is 0 Å². The number of imide groups is 1. The molecule has 1 saturated heterocycles. The summed E-state index contributed by atoms with van der Waals surface area (Å²) in [6.07, 6.45) is -0.666. The Labute approximate surface area is 157 Å². The molecule has 2 atom stereocenters. The number of fused-ring (bicyclic) bond motifs is 1. The fraction of sp³-hybridized carbons (Fsp3) is 0.500. The molecular weight excluding hydrogens is 352 g/mol. The first-order valence-electron chi connectivity index (χ1n) is 8.93. The van der Waals surface area contributed by atoms with Gasteiger partial charge in [0.05, 0.1) is 6.04 Å². The highest BCUT2D eigenvalue weighted by atomic mass is 16.6. The second-order valence-electron chi connectivity index (χ2n) is 6.47. The Balaban J connectivity index is 1.51. The smallest absolute Gasteiger partial charge is 0.321 e. The third-order valence-electron chi connectivity index (χ3n) is 4.80. The monoisotopic (exact) mass is 376 g/mol. The van der Waals surface area contributed by atoms with Crippen molar-refractivity contribution in [3.8, 4) is 11.5 Å². The number of rotatable bonds is 3. The molecule has 27 heavy (non-hydrogen) atoms. The summed E-state index contributed by atoms with van der Waals surface area (Å²) in [7, 11) is 1.45. The Morgan fingerprint density at radius 3 is 2.44 bits per heavy atom. The third-order valence-corrected chi connectivity index (χ3v) is 4.80. The molecule has 1 aromatic rings. The Morgan fingerprint density at radius 2 is 1.78 bits per heavy atom. The molecular formula is C18H24N4O5. The van der Waals surface area contributed by atoms with Gasteiger partial charge in [0.1, 0.15) is 6.61 Å². The molecule has 0 saturated carbocycles. The van der Waals surface area contributed by atoms with Gasteiger partial charge in [-0.25, -0.2) is 4.79 Å². The van der Waals surface area contributed by atoms with Gasteiger partial charge in [-0.3, -0.25) is 19.8 Å². The number of hydrogen-bond donors (Lipinski definition) is 2. The van der Waals surface area contributed by atoms with Crippen molar-refractivity contribution in [2.24, 2.45) is 0 Å². The molecule has 1 aromatic carbocycles. The standard InChI is InChI=1S/C18H24N4O5/c1-12(16(23)20-18(25)19-2)21-7-9-22(10-8-21)17(24)15-11-26-13-5-3-4-6-14(13)27-15/h3-6,12,15H,7-11H2,1-2H3,(H2,19,20,23,25)/t12-,15+/m0/s1. The quantitative estimate of drug-likeness (QED) is 0.759. The second-order valence-corrected chi connectivity index (χ2v) is 6.47. The van der Waals surface area contributed by atoms with E-state index in [0.717, 1.165) is 0 Å². The Morgan fingerprint density at radius 1 is 1.11 bits per heavy atom. The lowest BCUT2D eigenvalue weighted by Gasteiger charge is -2.39. The van der Waals surface area contributed by atoms with Gasteiger partial charge in [-0.1, -0.05) is 12.1 Å². The minimum atomic E-state index is -0.666. The zero-order chi connectivity index (χ0) is 19.4. The van der Waals surface area contributed by atoms with Gasteiger partial charge in [-0.2, -0.15) is 0 Å². The van der Waals surface area contributed by atoms with Crippen molar-refractivity contribution in [1.29, 1.82) is 0 Å². The lowest BCUT2D eigenvalue weighted by molar-refractivity contribution is -0.143. The third kappa shape index (κ3) is 4.30. The summed E-state index contributed by atoms with van der Waals surface area (Å²) < 4.78 is 11.4. The van der Waals surface area contributed by atoms with Crippen LogP contribution in [0.1, 0.15) is 6.92 Å². The lowest BCUT2D eigenvalue weighted by atomic mass is 10.2. The van der Waals surface area contributed by atoms with Crippen LogP contribution in [0.15, 0.2) is 24.3 Å². The van der Waals surface area contributed by atoms with Gasteiger partial charge in [0.15, 0.2) is 11.5 Å². The van der Waals surface area contributed by atoms with Crippen LogP contribution in [0.2, 0.25) is 0 Å². The number of piperazine rings is 1. The van der Waals surface area contributed by atoms with Gasteiger partial charge in [-0.15, -0.1) is 0 Å². The maximum Gasteiger partial charge on any atom is 0.321 e. The van der Waals surface area contributed by atoms with Crippen molar-refractivity contribution < 1.29 is 23.9 Å². The van der Waals surface area contributed by atoms with Crippen molar-refractivity contribution in [1.82, 2.24) is 20.4 Å². The fourth-order valence-electron chi connectivity index (χ4n) is 3.12. The normalized spacial score (nSPS) is 20.5. The van der Waals surface area contributed by atoms with Crippen molar-refractivity contribution in [2.45, 2.75) is 19.1 Å². The molecule has 0 aromatic heterocycles. The van der Waals surface area contributed by atoms with Crippen molar-refractivity contribution in [2.75, 3.05) is 39.8 Å². The van der Waals surface area contributed by atoms with E-state index in [-0.39, 0.29) is 18.4 Å². The minimum absolute atomic E-state index is 0.119. The lowest BCUT2D eigenvalue weighted by Crippen LogP contribution is -2.58. The molecule has 2 aliphatic rings. The highest BCUT2D eigenvalue weighted by molar-refractivity contribution is 5.96. The highest BCUT2D eigenvalue weighted by Crippen LogP contribution is 2.31. The highest BCUT2D eigenvalue weighted by Gasteiger charge is 2.34. The van der Waals surface area contributed by atoms with E-state index in [1.807, 2.05) is 17.0 Å². The van der Waals surface area contributed by atoms with E-state index < -0.39 is 18.2 Å². The fourth-order valence-corrected chi connectivity index (χ4v) is 3.12. The molecule has 3 rings (SSSR count). The molecule has 4 amide bonds. The maximum atomic E-state index is 12.7. The number of carbonyl (C=O) groups excluding carboxylic acids is 3. The molecule has 2 N–H and O–H groups in total. The van der Waals surface area contributed by atoms with Crippen LogP contribution in [0.25, 0.3) is 0 Å². The average molecular weight is 376 g/mol.